The highest BCUT2D eigenvalue weighted by molar-refractivity contribution is 9.10. The molecular weight excluding hydrogens is 503 g/mol. The number of nitrogens with zero attached hydrogens (tertiary/aromatic N) is 1. The first-order chi connectivity index (χ1) is 14.6. The maximum atomic E-state index is 13.1. The fraction of sp³-hybridized carbons (Fsp3) is 0.391. The summed E-state index contributed by atoms with van der Waals surface area (Å²) in [5.41, 5.74) is 1.58. The molecule has 5 nitrogen and oxygen atoms in total. The molecule has 0 spiro atoms. The molecule has 0 bridgehead atoms. The molecule has 0 aliphatic heterocycles. The third-order valence-electron chi connectivity index (χ3n) is 4.73. The lowest BCUT2D eigenvalue weighted by Crippen LogP contribution is -2.49. The van der Waals surface area contributed by atoms with E-state index in [1.165, 1.54) is 4.90 Å². The van der Waals surface area contributed by atoms with Crippen molar-refractivity contribution in [3.8, 4) is 5.75 Å². The van der Waals surface area contributed by atoms with Gasteiger partial charge in [0.15, 0.2) is 6.61 Å². The average molecular weight is 530 g/mol. The van der Waals surface area contributed by atoms with Crippen molar-refractivity contribution in [2.75, 3.05) is 13.2 Å². The first-order valence-electron chi connectivity index (χ1n) is 9.99. The molecule has 2 rings (SSSR count). The van der Waals surface area contributed by atoms with E-state index in [1.54, 1.807) is 31.2 Å². The summed E-state index contributed by atoms with van der Waals surface area (Å²) in [4.78, 5) is 27.2. The van der Waals surface area contributed by atoms with Crippen molar-refractivity contribution in [1.29, 1.82) is 0 Å². The number of rotatable bonds is 9. The molecular formula is C23H27BrCl2N2O3. The minimum atomic E-state index is -0.728. The molecule has 168 valence electrons. The third kappa shape index (κ3) is 7.41. The van der Waals surface area contributed by atoms with Crippen LogP contribution in [0, 0.1) is 12.8 Å². The van der Waals surface area contributed by atoms with Crippen LogP contribution in [0.25, 0.3) is 0 Å². The number of carbonyl (C=O) groups excluding carboxylic acids is 2. The van der Waals surface area contributed by atoms with Crippen LogP contribution in [0.15, 0.2) is 40.9 Å². The largest absolute Gasteiger partial charge is 0.484 e. The molecule has 2 aromatic carbocycles. The van der Waals surface area contributed by atoms with E-state index in [2.05, 4.69) is 21.2 Å². The molecule has 0 unspecified atom stereocenters. The average Bonchev–Trinajstić information content (AvgIpc) is 2.72. The van der Waals surface area contributed by atoms with Gasteiger partial charge in [-0.2, -0.15) is 0 Å². The Bertz CT molecular complexity index is 917. The number of nitrogens with one attached hydrogen (secondary N) is 1. The van der Waals surface area contributed by atoms with Crippen molar-refractivity contribution in [3.63, 3.8) is 0 Å². The summed E-state index contributed by atoms with van der Waals surface area (Å²) in [6, 6.07) is 9.89. The van der Waals surface area contributed by atoms with Crippen LogP contribution >= 0.6 is 39.1 Å². The highest BCUT2D eigenvalue weighted by Gasteiger charge is 2.28. The molecule has 0 fully saturated rings. The fourth-order valence-corrected chi connectivity index (χ4v) is 3.59. The Morgan fingerprint density at radius 3 is 2.35 bits per heavy atom. The molecule has 8 heteroatoms. The van der Waals surface area contributed by atoms with Gasteiger partial charge in [-0.25, -0.2) is 0 Å². The number of ether oxygens (including phenoxy) is 1. The molecule has 0 radical (unpaired) electrons. The molecule has 0 saturated carbocycles. The van der Waals surface area contributed by atoms with E-state index in [4.69, 9.17) is 27.9 Å². The number of amides is 2. The van der Waals surface area contributed by atoms with Gasteiger partial charge in [0, 0.05) is 33.2 Å². The molecule has 1 atom stereocenters. The van der Waals surface area contributed by atoms with E-state index < -0.39 is 6.04 Å². The van der Waals surface area contributed by atoms with Gasteiger partial charge in [0.25, 0.3) is 5.91 Å². The summed E-state index contributed by atoms with van der Waals surface area (Å²) in [5.74, 6) is 0.275. The van der Waals surface area contributed by atoms with Crippen molar-refractivity contribution in [3.05, 3.63) is 62.0 Å². The van der Waals surface area contributed by atoms with Gasteiger partial charge >= 0.3 is 0 Å². The van der Waals surface area contributed by atoms with Crippen molar-refractivity contribution in [2.24, 2.45) is 5.92 Å². The zero-order valence-corrected chi connectivity index (χ0v) is 21.1. The zero-order valence-electron chi connectivity index (χ0n) is 18.0. The summed E-state index contributed by atoms with van der Waals surface area (Å²) in [6.45, 7) is 8.03. The number of carbonyl (C=O) groups is 2. The quantitative estimate of drug-likeness (QED) is 0.457. The summed E-state index contributed by atoms with van der Waals surface area (Å²) in [6.07, 6.45) is 0. The van der Waals surface area contributed by atoms with Gasteiger partial charge in [0.1, 0.15) is 11.8 Å². The number of hydrogen-bond acceptors (Lipinski definition) is 3. The van der Waals surface area contributed by atoms with E-state index in [-0.39, 0.29) is 25.0 Å². The predicted octanol–water partition coefficient (Wildman–Crippen LogP) is 5.63. The van der Waals surface area contributed by atoms with Crippen LogP contribution in [-0.2, 0) is 16.1 Å². The molecule has 2 amide bonds. The van der Waals surface area contributed by atoms with Gasteiger partial charge in [0.05, 0.1) is 0 Å². The molecule has 31 heavy (non-hydrogen) atoms. The van der Waals surface area contributed by atoms with Gasteiger partial charge in [-0.1, -0.05) is 59.0 Å². The third-order valence-corrected chi connectivity index (χ3v) is 6.33. The summed E-state index contributed by atoms with van der Waals surface area (Å²) >= 11 is 16.1. The fourth-order valence-electron chi connectivity index (χ4n) is 2.82. The first kappa shape index (κ1) is 25.5. The SMILES string of the molecule is Cc1cc(OCC(=O)N(Cc2c(Cl)cccc2Cl)[C@@H](C)C(=O)NCC(C)C)ccc1Br. The predicted molar refractivity (Wildman–Crippen MR) is 129 cm³/mol. The Labute approximate surface area is 202 Å². The van der Waals surface area contributed by atoms with Gasteiger partial charge < -0.3 is 15.0 Å². The molecule has 0 aromatic heterocycles. The summed E-state index contributed by atoms with van der Waals surface area (Å²) < 4.78 is 6.66. The normalized spacial score (nSPS) is 11.9. The molecule has 1 N–H and O–H groups in total. The summed E-state index contributed by atoms with van der Waals surface area (Å²) in [7, 11) is 0. The Balaban J connectivity index is 2.21. The lowest BCUT2D eigenvalue weighted by Gasteiger charge is -2.29. The molecule has 0 aliphatic rings. The second-order valence-electron chi connectivity index (χ2n) is 7.74. The van der Waals surface area contributed by atoms with Crippen molar-refractivity contribution in [1.82, 2.24) is 10.2 Å². The molecule has 0 heterocycles. The van der Waals surface area contributed by atoms with Gasteiger partial charge in [-0.15, -0.1) is 0 Å². The van der Waals surface area contributed by atoms with Crippen LogP contribution in [0.1, 0.15) is 31.9 Å². The second-order valence-corrected chi connectivity index (χ2v) is 9.41. The van der Waals surface area contributed by atoms with E-state index in [0.717, 1.165) is 10.0 Å². The van der Waals surface area contributed by atoms with Crippen molar-refractivity contribution >= 4 is 50.9 Å². The van der Waals surface area contributed by atoms with Crippen molar-refractivity contribution in [2.45, 2.75) is 40.3 Å². The number of hydrogen-bond donors (Lipinski definition) is 1. The van der Waals surface area contributed by atoms with Gasteiger partial charge in [-0.05, 0) is 55.7 Å². The maximum Gasteiger partial charge on any atom is 0.261 e. The van der Waals surface area contributed by atoms with Crippen LogP contribution < -0.4 is 10.1 Å². The lowest BCUT2D eigenvalue weighted by atomic mass is 10.1. The van der Waals surface area contributed by atoms with Gasteiger partial charge in [-0.3, -0.25) is 9.59 Å². The smallest absolute Gasteiger partial charge is 0.261 e. The zero-order chi connectivity index (χ0) is 23.1. The van der Waals surface area contributed by atoms with E-state index in [9.17, 15) is 9.59 Å². The Morgan fingerprint density at radius 2 is 1.77 bits per heavy atom. The highest BCUT2D eigenvalue weighted by atomic mass is 79.9. The second kappa shape index (κ2) is 11.7. The molecule has 0 saturated heterocycles. The number of benzene rings is 2. The van der Waals surface area contributed by atoms with Crippen molar-refractivity contribution < 1.29 is 14.3 Å². The lowest BCUT2D eigenvalue weighted by molar-refractivity contribution is -0.142. The molecule has 0 aliphatic carbocycles. The van der Waals surface area contributed by atoms with Crippen LogP contribution in [0.3, 0.4) is 0 Å². The number of halogens is 3. The monoisotopic (exact) mass is 528 g/mol. The van der Waals surface area contributed by atoms with Crippen LogP contribution in [0.4, 0.5) is 0 Å². The van der Waals surface area contributed by atoms with Gasteiger partial charge in [0.2, 0.25) is 5.91 Å². The summed E-state index contributed by atoms with van der Waals surface area (Å²) in [5, 5.41) is 3.74. The van der Waals surface area contributed by atoms with Crippen LogP contribution in [0.2, 0.25) is 10.0 Å². The maximum absolute atomic E-state index is 13.1. The topological polar surface area (TPSA) is 58.6 Å². The standard InChI is InChI=1S/C23H27BrCl2N2O3/c1-14(2)11-27-23(30)16(4)28(12-18-20(25)6-5-7-21(18)26)22(29)13-31-17-8-9-19(24)15(3)10-17/h5-10,14,16H,11-13H2,1-4H3,(H,27,30)/t16-/m0/s1. The Morgan fingerprint density at radius 1 is 1.13 bits per heavy atom. The Kier molecular flexibility index (Phi) is 9.66. The molecule has 2 aromatic rings. The Hall–Kier alpha value is -1.76. The number of aryl methyl sites for hydroxylation is 1. The first-order valence-corrected chi connectivity index (χ1v) is 11.5. The minimum Gasteiger partial charge on any atom is -0.484 e. The highest BCUT2D eigenvalue weighted by Crippen LogP contribution is 2.27. The van der Waals surface area contributed by atoms with E-state index in [0.29, 0.717) is 33.8 Å². The van der Waals surface area contributed by atoms with Crippen LogP contribution in [-0.4, -0.2) is 35.9 Å². The minimum absolute atomic E-state index is 0.0936. The van der Waals surface area contributed by atoms with Crippen LogP contribution in [0.5, 0.6) is 5.75 Å². The van der Waals surface area contributed by atoms with E-state index >= 15 is 0 Å². The van der Waals surface area contributed by atoms with E-state index in [1.807, 2.05) is 32.9 Å².